The molecule has 0 aliphatic rings. The van der Waals surface area contributed by atoms with E-state index in [1.807, 2.05) is 30.0 Å². The number of aryl methyl sites for hydroxylation is 1. The molecule has 0 amide bonds. The Bertz CT molecular complexity index is 497. The van der Waals surface area contributed by atoms with E-state index in [1.54, 1.807) is 0 Å². The molecule has 0 radical (unpaired) electrons. The first-order valence-corrected chi connectivity index (χ1v) is 6.75. The van der Waals surface area contributed by atoms with E-state index in [-0.39, 0.29) is 0 Å². The Labute approximate surface area is 106 Å². The standard InChI is InChI=1S/C14H16N2S/c1-11-5-2-3-6-12(11)9-17-10-13-7-4-8-14(15)16-13/h2-8H,9-10H2,1H3,(H2,15,16). The highest BCUT2D eigenvalue weighted by atomic mass is 32.2. The highest BCUT2D eigenvalue weighted by Crippen LogP contribution is 2.19. The van der Waals surface area contributed by atoms with Crippen LogP contribution in [-0.4, -0.2) is 4.98 Å². The predicted octanol–water partition coefficient (Wildman–Crippen LogP) is 3.41. The zero-order valence-corrected chi connectivity index (χ0v) is 10.7. The molecule has 0 spiro atoms. The molecule has 0 fully saturated rings. The number of nitrogens with zero attached hydrogens (tertiary/aromatic N) is 1. The molecule has 0 saturated carbocycles. The summed E-state index contributed by atoms with van der Waals surface area (Å²) >= 11 is 1.86. The van der Waals surface area contributed by atoms with Crippen LogP contribution in [0.25, 0.3) is 0 Å². The molecule has 0 aliphatic carbocycles. The fourth-order valence-corrected chi connectivity index (χ4v) is 2.63. The predicted molar refractivity (Wildman–Crippen MR) is 74.8 cm³/mol. The van der Waals surface area contributed by atoms with Crippen molar-refractivity contribution < 1.29 is 0 Å². The van der Waals surface area contributed by atoms with Gasteiger partial charge in [-0.25, -0.2) is 4.98 Å². The van der Waals surface area contributed by atoms with Gasteiger partial charge in [-0.1, -0.05) is 30.3 Å². The number of pyridine rings is 1. The second-order valence-corrected chi connectivity index (χ2v) is 4.96. The number of anilines is 1. The van der Waals surface area contributed by atoms with Crippen molar-refractivity contribution in [1.82, 2.24) is 4.98 Å². The molecule has 2 aromatic rings. The highest BCUT2D eigenvalue weighted by Gasteiger charge is 1.99. The number of thioether (sulfide) groups is 1. The van der Waals surface area contributed by atoms with Crippen molar-refractivity contribution in [1.29, 1.82) is 0 Å². The monoisotopic (exact) mass is 244 g/mol. The minimum atomic E-state index is 0.596. The van der Waals surface area contributed by atoms with Gasteiger partial charge >= 0.3 is 0 Å². The Kier molecular flexibility index (Phi) is 4.04. The maximum Gasteiger partial charge on any atom is 0.123 e. The van der Waals surface area contributed by atoms with Gasteiger partial charge in [-0.2, -0.15) is 11.8 Å². The van der Waals surface area contributed by atoms with Gasteiger partial charge in [0.15, 0.2) is 0 Å². The number of nitrogen functional groups attached to an aromatic ring is 1. The molecule has 0 aliphatic heterocycles. The molecule has 0 saturated heterocycles. The van der Waals surface area contributed by atoms with Gasteiger partial charge < -0.3 is 5.73 Å². The number of hydrogen-bond donors (Lipinski definition) is 1. The largest absolute Gasteiger partial charge is 0.384 e. The third-order valence-corrected chi connectivity index (χ3v) is 3.61. The van der Waals surface area contributed by atoms with Gasteiger partial charge in [-0.05, 0) is 30.2 Å². The third-order valence-electron chi connectivity index (χ3n) is 2.60. The summed E-state index contributed by atoms with van der Waals surface area (Å²) in [6.07, 6.45) is 0. The average Bonchev–Trinajstić information content (AvgIpc) is 2.32. The second-order valence-electron chi connectivity index (χ2n) is 3.97. The highest BCUT2D eigenvalue weighted by molar-refractivity contribution is 7.97. The molecular formula is C14H16N2S. The van der Waals surface area contributed by atoms with Gasteiger partial charge in [0.05, 0.1) is 5.69 Å². The summed E-state index contributed by atoms with van der Waals surface area (Å²) < 4.78 is 0. The summed E-state index contributed by atoms with van der Waals surface area (Å²) in [5.41, 5.74) is 9.43. The molecule has 1 heterocycles. The average molecular weight is 244 g/mol. The quantitative estimate of drug-likeness (QED) is 0.895. The van der Waals surface area contributed by atoms with Gasteiger partial charge in [-0.3, -0.25) is 0 Å². The molecule has 2 rings (SSSR count). The first-order chi connectivity index (χ1) is 8.25. The van der Waals surface area contributed by atoms with Crippen molar-refractivity contribution in [2.24, 2.45) is 0 Å². The van der Waals surface area contributed by atoms with Crippen LogP contribution < -0.4 is 5.73 Å². The molecule has 2 nitrogen and oxygen atoms in total. The summed E-state index contributed by atoms with van der Waals surface area (Å²) in [6, 6.07) is 14.3. The van der Waals surface area contributed by atoms with Crippen LogP contribution in [0, 0.1) is 6.92 Å². The van der Waals surface area contributed by atoms with Gasteiger partial charge in [0.1, 0.15) is 5.82 Å². The summed E-state index contributed by atoms with van der Waals surface area (Å²) in [6.45, 7) is 2.15. The Morgan fingerprint density at radius 2 is 1.88 bits per heavy atom. The zero-order valence-electron chi connectivity index (χ0n) is 9.89. The number of hydrogen-bond acceptors (Lipinski definition) is 3. The van der Waals surface area contributed by atoms with Crippen LogP contribution in [0.15, 0.2) is 42.5 Å². The molecule has 17 heavy (non-hydrogen) atoms. The number of nitrogens with two attached hydrogens (primary N) is 1. The Hall–Kier alpha value is -1.48. The SMILES string of the molecule is Cc1ccccc1CSCc1cccc(N)n1. The van der Waals surface area contributed by atoms with Crippen molar-refractivity contribution in [2.45, 2.75) is 18.4 Å². The molecule has 2 N–H and O–H groups in total. The van der Waals surface area contributed by atoms with E-state index in [9.17, 15) is 0 Å². The molecule has 88 valence electrons. The van der Waals surface area contributed by atoms with Crippen molar-refractivity contribution >= 4 is 17.6 Å². The first-order valence-electron chi connectivity index (χ1n) is 5.59. The van der Waals surface area contributed by atoms with E-state index in [0.29, 0.717) is 5.82 Å². The van der Waals surface area contributed by atoms with Crippen LogP contribution in [0.3, 0.4) is 0 Å². The third kappa shape index (κ3) is 3.49. The number of aromatic nitrogens is 1. The molecule has 1 aromatic heterocycles. The van der Waals surface area contributed by atoms with Crippen LogP contribution in [-0.2, 0) is 11.5 Å². The lowest BCUT2D eigenvalue weighted by atomic mass is 10.1. The summed E-state index contributed by atoms with van der Waals surface area (Å²) in [7, 11) is 0. The molecule has 0 atom stereocenters. The van der Waals surface area contributed by atoms with E-state index < -0.39 is 0 Å². The van der Waals surface area contributed by atoms with E-state index in [2.05, 4.69) is 36.2 Å². The van der Waals surface area contributed by atoms with Gasteiger partial charge in [0.25, 0.3) is 0 Å². The van der Waals surface area contributed by atoms with E-state index >= 15 is 0 Å². The topological polar surface area (TPSA) is 38.9 Å². The van der Waals surface area contributed by atoms with Crippen molar-refractivity contribution in [2.75, 3.05) is 5.73 Å². The van der Waals surface area contributed by atoms with Crippen molar-refractivity contribution in [3.63, 3.8) is 0 Å². The van der Waals surface area contributed by atoms with Crippen LogP contribution in [0.5, 0.6) is 0 Å². The van der Waals surface area contributed by atoms with E-state index in [4.69, 9.17) is 5.73 Å². The van der Waals surface area contributed by atoms with Gasteiger partial charge in [-0.15, -0.1) is 0 Å². The first kappa shape index (κ1) is 12.0. The number of rotatable bonds is 4. The van der Waals surface area contributed by atoms with Crippen molar-refractivity contribution in [3.8, 4) is 0 Å². The lowest BCUT2D eigenvalue weighted by Gasteiger charge is -2.05. The summed E-state index contributed by atoms with van der Waals surface area (Å²) in [5, 5.41) is 0. The van der Waals surface area contributed by atoms with Crippen molar-refractivity contribution in [3.05, 3.63) is 59.3 Å². The normalized spacial score (nSPS) is 10.4. The van der Waals surface area contributed by atoms with E-state index in [1.165, 1.54) is 11.1 Å². The van der Waals surface area contributed by atoms with Gasteiger partial charge in [0.2, 0.25) is 0 Å². The maximum absolute atomic E-state index is 5.65. The molecule has 0 bridgehead atoms. The smallest absolute Gasteiger partial charge is 0.123 e. The maximum atomic E-state index is 5.65. The molecule has 3 heteroatoms. The Morgan fingerprint density at radius 1 is 1.06 bits per heavy atom. The summed E-state index contributed by atoms with van der Waals surface area (Å²) in [4.78, 5) is 4.28. The fraction of sp³-hybridized carbons (Fsp3) is 0.214. The second kappa shape index (κ2) is 5.73. The Morgan fingerprint density at radius 3 is 2.65 bits per heavy atom. The van der Waals surface area contributed by atoms with Crippen LogP contribution >= 0.6 is 11.8 Å². The number of benzene rings is 1. The zero-order chi connectivity index (χ0) is 12.1. The molecule has 0 unspecified atom stereocenters. The fourth-order valence-electron chi connectivity index (χ4n) is 1.62. The molecular weight excluding hydrogens is 228 g/mol. The molecule has 1 aromatic carbocycles. The summed E-state index contributed by atoms with van der Waals surface area (Å²) in [5.74, 6) is 2.52. The lowest BCUT2D eigenvalue weighted by Crippen LogP contribution is -1.94. The minimum Gasteiger partial charge on any atom is -0.384 e. The lowest BCUT2D eigenvalue weighted by molar-refractivity contribution is 1.18. The Balaban J connectivity index is 1.90. The van der Waals surface area contributed by atoms with Gasteiger partial charge in [0, 0.05) is 11.5 Å². The van der Waals surface area contributed by atoms with Crippen LogP contribution in [0.1, 0.15) is 16.8 Å². The van der Waals surface area contributed by atoms with Crippen LogP contribution in [0.4, 0.5) is 5.82 Å². The van der Waals surface area contributed by atoms with Crippen LogP contribution in [0.2, 0.25) is 0 Å². The minimum absolute atomic E-state index is 0.596. The van der Waals surface area contributed by atoms with E-state index in [0.717, 1.165) is 17.2 Å².